The lowest BCUT2D eigenvalue weighted by atomic mass is 10.2. The van der Waals surface area contributed by atoms with Crippen molar-refractivity contribution in [1.29, 1.82) is 0 Å². The molecule has 0 fully saturated rings. The zero-order valence-corrected chi connectivity index (χ0v) is 9.52. The summed E-state index contributed by atoms with van der Waals surface area (Å²) in [5.74, 6) is 0. The van der Waals surface area contributed by atoms with Crippen LogP contribution in [0, 0.1) is 0 Å². The van der Waals surface area contributed by atoms with Gasteiger partial charge in [0.05, 0.1) is 6.54 Å². The van der Waals surface area contributed by atoms with Gasteiger partial charge in [-0.2, -0.15) is 0 Å². The van der Waals surface area contributed by atoms with E-state index in [2.05, 4.69) is 45.9 Å². The van der Waals surface area contributed by atoms with Crippen LogP contribution in [0.4, 0.5) is 5.69 Å². The van der Waals surface area contributed by atoms with Gasteiger partial charge in [0, 0.05) is 19.3 Å². The van der Waals surface area contributed by atoms with E-state index in [1.54, 1.807) is 0 Å². The first-order valence-electron chi connectivity index (χ1n) is 5.49. The fraction of sp³-hybridized carbons (Fsp3) is 0.417. The molecule has 86 valence electrons. The molecule has 0 bridgehead atoms. The first kappa shape index (κ1) is 10.8. The number of benzene rings is 1. The van der Waals surface area contributed by atoms with Crippen LogP contribution in [0.3, 0.4) is 0 Å². The lowest BCUT2D eigenvalue weighted by molar-refractivity contribution is 0.342. The normalized spacial score (nSPS) is 17.1. The van der Waals surface area contributed by atoms with Crippen molar-refractivity contribution in [1.82, 2.24) is 0 Å². The average Bonchev–Trinajstić information content (AvgIpc) is 2.91. The third kappa shape index (κ3) is 2.45. The Balaban J connectivity index is 0.000000138. The molecule has 4 nitrogen and oxygen atoms in total. The minimum absolute atomic E-state index is 0.329. The van der Waals surface area contributed by atoms with Gasteiger partial charge in [0.15, 0.2) is 0 Å². The maximum Gasteiger partial charge on any atom is 0.282 e. The molecule has 0 amide bonds. The van der Waals surface area contributed by atoms with Crippen molar-refractivity contribution in [2.45, 2.75) is 6.42 Å². The minimum Gasteiger partial charge on any atom is -0.463 e. The number of hydrogen-bond acceptors (Lipinski definition) is 4. The van der Waals surface area contributed by atoms with Gasteiger partial charge >= 0.3 is 0 Å². The molecule has 0 atom stereocenters. The lowest BCUT2D eigenvalue weighted by Crippen LogP contribution is -2.12. The molecule has 0 unspecified atom stereocenters. The second kappa shape index (κ2) is 4.88. The van der Waals surface area contributed by atoms with E-state index in [1.807, 2.05) is 0 Å². The highest BCUT2D eigenvalue weighted by molar-refractivity contribution is 5.72. The smallest absolute Gasteiger partial charge is 0.282 e. The molecule has 0 saturated heterocycles. The summed E-state index contributed by atoms with van der Waals surface area (Å²) in [6.45, 7) is 2.57. The first-order chi connectivity index (χ1) is 7.77. The fourth-order valence-electron chi connectivity index (χ4n) is 1.85. The molecule has 0 radical (unpaired) electrons. The van der Waals surface area contributed by atoms with Crippen LogP contribution in [0.1, 0.15) is 5.56 Å². The van der Waals surface area contributed by atoms with E-state index in [4.69, 9.17) is 5.73 Å². The summed E-state index contributed by atoms with van der Waals surface area (Å²) in [7, 11) is 2.14. The second-order valence-corrected chi connectivity index (χ2v) is 3.87. The summed E-state index contributed by atoms with van der Waals surface area (Å²) in [6.07, 6.45) is 1.21. The quantitative estimate of drug-likeness (QED) is 0.708. The zero-order chi connectivity index (χ0) is 11.4. The number of ether oxygens (including phenoxy) is 1. The average molecular weight is 219 g/mol. The Bertz CT molecular complexity index is 390. The monoisotopic (exact) mass is 219 g/mol. The molecular weight excluding hydrogens is 202 g/mol. The van der Waals surface area contributed by atoms with Gasteiger partial charge in [-0.3, -0.25) is 0 Å². The van der Waals surface area contributed by atoms with Gasteiger partial charge < -0.3 is 15.4 Å². The Morgan fingerprint density at radius 3 is 2.75 bits per heavy atom. The number of nitrogens with two attached hydrogens (primary N) is 1. The highest BCUT2D eigenvalue weighted by Crippen LogP contribution is 2.25. The van der Waals surface area contributed by atoms with Crippen LogP contribution in [0.15, 0.2) is 29.3 Å². The van der Waals surface area contributed by atoms with Crippen LogP contribution in [-0.2, 0) is 11.2 Å². The molecule has 3 rings (SSSR count). The van der Waals surface area contributed by atoms with E-state index < -0.39 is 0 Å². The largest absolute Gasteiger partial charge is 0.463 e. The maximum atomic E-state index is 5.06. The van der Waals surface area contributed by atoms with Gasteiger partial charge in [-0.15, -0.1) is 0 Å². The summed E-state index contributed by atoms with van der Waals surface area (Å²) in [4.78, 5) is 6.01. The Hall–Kier alpha value is -1.71. The van der Waals surface area contributed by atoms with Crippen LogP contribution in [0.5, 0.6) is 0 Å². The van der Waals surface area contributed by atoms with E-state index >= 15 is 0 Å². The Morgan fingerprint density at radius 2 is 2.19 bits per heavy atom. The molecule has 1 aromatic carbocycles. The Labute approximate surface area is 95.7 Å². The van der Waals surface area contributed by atoms with Crippen LogP contribution in [-0.4, -0.2) is 32.8 Å². The van der Waals surface area contributed by atoms with E-state index in [-0.39, 0.29) is 0 Å². The topological polar surface area (TPSA) is 50.8 Å². The summed E-state index contributed by atoms with van der Waals surface area (Å²) in [6, 6.07) is 8.93. The number of para-hydroxylation sites is 1. The van der Waals surface area contributed by atoms with Crippen LogP contribution < -0.4 is 10.6 Å². The van der Waals surface area contributed by atoms with Gasteiger partial charge in [0.25, 0.3) is 6.02 Å². The SMILES string of the molecule is CN1CCc2ccccc21.NC1=NCCO1. The van der Waals surface area contributed by atoms with Crippen molar-refractivity contribution in [2.75, 3.05) is 31.6 Å². The molecule has 0 saturated carbocycles. The van der Waals surface area contributed by atoms with E-state index in [1.165, 1.54) is 24.2 Å². The molecule has 2 aliphatic rings. The van der Waals surface area contributed by atoms with Gasteiger partial charge in [-0.1, -0.05) is 18.2 Å². The third-order valence-electron chi connectivity index (χ3n) is 2.73. The number of aliphatic imine (C=N–C) groups is 1. The fourth-order valence-corrected chi connectivity index (χ4v) is 1.85. The molecule has 2 aliphatic heterocycles. The maximum absolute atomic E-state index is 5.06. The predicted molar refractivity (Wildman–Crippen MR) is 65.9 cm³/mol. The summed E-state index contributed by atoms with van der Waals surface area (Å²) < 4.78 is 4.68. The number of amidine groups is 1. The molecule has 0 aromatic heterocycles. The molecule has 16 heavy (non-hydrogen) atoms. The van der Waals surface area contributed by atoms with Crippen molar-refractivity contribution in [3.8, 4) is 0 Å². The van der Waals surface area contributed by atoms with Crippen LogP contribution in [0.2, 0.25) is 0 Å². The molecule has 4 heteroatoms. The summed E-state index contributed by atoms with van der Waals surface area (Å²) in [5.41, 5.74) is 7.96. The standard InChI is InChI=1S/C9H11N.C3H6N2O/c1-10-7-6-8-4-2-3-5-9(8)10;4-3-5-1-2-6-3/h2-5H,6-7H2,1H3;1-2H2,(H2,4,5). The molecule has 1 aromatic rings. The van der Waals surface area contributed by atoms with Gasteiger partial charge in [-0.25, -0.2) is 4.99 Å². The molecule has 0 spiro atoms. The number of anilines is 1. The van der Waals surface area contributed by atoms with Crippen molar-refractivity contribution in [3.05, 3.63) is 29.8 Å². The second-order valence-electron chi connectivity index (χ2n) is 3.87. The minimum atomic E-state index is 0.329. The number of hydrogen-bond donors (Lipinski definition) is 1. The van der Waals surface area contributed by atoms with Crippen molar-refractivity contribution >= 4 is 11.7 Å². The van der Waals surface area contributed by atoms with Crippen molar-refractivity contribution in [2.24, 2.45) is 10.7 Å². The molecule has 0 aliphatic carbocycles. The van der Waals surface area contributed by atoms with Crippen molar-refractivity contribution < 1.29 is 4.74 Å². The zero-order valence-electron chi connectivity index (χ0n) is 9.52. The number of rotatable bonds is 0. The van der Waals surface area contributed by atoms with Gasteiger partial charge in [0.1, 0.15) is 6.61 Å². The first-order valence-corrected chi connectivity index (χ1v) is 5.49. The lowest BCUT2D eigenvalue weighted by Gasteiger charge is -2.10. The Morgan fingerprint density at radius 1 is 1.38 bits per heavy atom. The Kier molecular flexibility index (Phi) is 3.29. The number of likely N-dealkylation sites (N-methyl/N-ethyl adjacent to an activating group) is 1. The summed E-state index contributed by atoms with van der Waals surface area (Å²) in [5, 5.41) is 0. The van der Waals surface area contributed by atoms with E-state index in [9.17, 15) is 0 Å². The molecular formula is C12H17N3O. The van der Waals surface area contributed by atoms with Gasteiger partial charge in [0.2, 0.25) is 0 Å². The number of nitrogens with zero attached hydrogens (tertiary/aromatic N) is 2. The van der Waals surface area contributed by atoms with Crippen molar-refractivity contribution in [3.63, 3.8) is 0 Å². The molecule has 2 N–H and O–H groups in total. The van der Waals surface area contributed by atoms with E-state index in [0.29, 0.717) is 12.6 Å². The summed E-state index contributed by atoms with van der Waals surface area (Å²) >= 11 is 0. The third-order valence-corrected chi connectivity index (χ3v) is 2.73. The van der Waals surface area contributed by atoms with Crippen LogP contribution in [0.25, 0.3) is 0 Å². The highest BCUT2D eigenvalue weighted by Gasteiger charge is 2.12. The van der Waals surface area contributed by atoms with Crippen LogP contribution >= 0.6 is 0 Å². The highest BCUT2D eigenvalue weighted by atomic mass is 16.5. The molecule has 2 heterocycles. The predicted octanol–water partition coefficient (Wildman–Crippen LogP) is 1.01. The van der Waals surface area contributed by atoms with E-state index in [0.717, 1.165) is 6.54 Å². The van der Waals surface area contributed by atoms with Gasteiger partial charge in [-0.05, 0) is 18.1 Å². The number of fused-ring (bicyclic) bond motifs is 1.